The number of ether oxygens (including phenoxy) is 2. The molecule has 10 nitrogen and oxygen atoms in total. The van der Waals surface area contributed by atoms with Gasteiger partial charge in [0, 0.05) is 47.6 Å². The molecule has 12 heteroatoms. The van der Waals surface area contributed by atoms with Crippen molar-refractivity contribution in [1.82, 2.24) is 19.4 Å². The van der Waals surface area contributed by atoms with E-state index in [1.165, 1.54) is 6.07 Å². The van der Waals surface area contributed by atoms with Gasteiger partial charge >= 0.3 is 0 Å². The molecule has 0 amide bonds. The highest BCUT2D eigenvalue weighted by Crippen LogP contribution is 2.31. The number of hydrogen-bond donors (Lipinski definition) is 2. The van der Waals surface area contributed by atoms with Gasteiger partial charge < -0.3 is 24.7 Å². The highest BCUT2D eigenvalue weighted by molar-refractivity contribution is 6.30. The lowest BCUT2D eigenvalue weighted by Gasteiger charge is -2.32. The van der Waals surface area contributed by atoms with E-state index >= 15 is 0 Å². The number of piperidine rings is 1. The Bertz CT molecular complexity index is 1960. The van der Waals surface area contributed by atoms with Gasteiger partial charge in [0.15, 0.2) is 0 Å². The van der Waals surface area contributed by atoms with Crippen molar-refractivity contribution in [3.8, 4) is 5.88 Å². The molecule has 3 aromatic carbocycles. The molecule has 2 aliphatic rings. The molecule has 7 rings (SSSR count). The number of halogens is 2. The fourth-order valence-electron chi connectivity index (χ4n) is 6.22. The molecule has 238 valence electrons. The van der Waals surface area contributed by atoms with E-state index < -0.39 is 16.7 Å². The summed E-state index contributed by atoms with van der Waals surface area (Å²) >= 11 is 5.86. The first-order valence-corrected chi connectivity index (χ1v) is 15.9. The molecule has 5 aromatic rings. The summed E-state index contributed by atoms with van der Waals surface area (Å²) in [6.07, 6.45) is 3.07. The highest BCUT2D eigenvalue weighted by Gasteiger charge is 2.26. The van der Waals surface area contributed by atoms with Gasteiger partial charge in [-0.3, -0.25) is 14.5 Å². The van der Waals surface area contributed by atoms with Crippen LogP contribution in [0.1, 0.15) is 42.3 Å². The number of imidazole rings is 1. The van der Waals surface area contributed by atoms with Gasteiger partial charge in [0.2, 0.25) is 5.88 Å². The van der Waals surface area contributed by atoms with Crippen molar-refractivity contribution in [2.24, 2.45) is 0 Å². The number of nitrogens with zero attached hydrogens (tertiary/aromatic N) is 4. The molecular weight excluding hydrogens is 611 g/mol. The zero-order chi connectivity index (χ0) is 31.8. The van der Waals surface area contributed by atoms with Crippen LogP contribution in [0.25, 0.3) is 11.0 Å². The Morgan fingerprint density at radius 3 is 2.57 bits per heavy atom. The van der Waals surface area contributed by atoms with Crippen LogP contribution < -0.4 is 26.2 Å². The number of anilines is 3. The molecule has 4 heterocycles. The molecule has 2 aromatic heterocycles. The number of rotatable bonds is 11. The van der Waals surface area contributed by atoms with Gasteiger partial charge in [-0.25, -0.2) is 14.4 Å². The van der Waals surface area contributed by atoms with Crippen LogP contribution in [0.15, 0.2) is 64.2 Å². The average Bonchev–Trinajstić information content (AvgIpc) is 3.38. The van der Waals surface area contributed by atoms with Crippen LogP contribution >= 0.6 is 11.6 Å². The Morgan fingerprint density at radius 1 is 1.02 bits per heavy atom. The third kappa shape index (κ3) is 6.10. The minimum absolute atomic E-state index is 0.0784. The van der Waals surface area contributed by atoms with Crippen LogP contribution in [0.2, 0.25) is 5.02 Å². The summed E-state index contributed by atoms with van der Waals surface area (Å²) in [5.41, 5.74) is 3.47. The molecule has 0 aliphatic carbocycles. The van der Waals surface area contributed by atoms with E-state index in [0.717, 1.165) is 68.1 Å². The highest BCUT2D eigenvalue weighted by atomic mass is 35.5. The maximum atomic E-state index is 14.2. The molecule has 2 aliphatic heterocycles. The monoisotopic (exact) mass is 644 g/mol. The normalized spacial score (nSPS) is 17.3. The zero-order valence-electron chi connectivity index (χ0n) is 25.4. The smallest absolute Gasteiger partial charge is 0.253 e. The molecule has 1 unspecified atom stereocenters. The largest absolute Gasteiger partial charge is 0.473 e. The second kappa shape index (κ2) is 12.8. The Balaban J connectivity index is 1.02. The van der Waals surface area contributed by atoms with Crippen molar-refractivity contribution in [2.75, 3.05) is 37.4 Å². The van der Waals surface area contributed by atoms with Gasteiger partial charge in [0.25, 0.3) is 10.9 Å². The number of likely N-dealkylation sites (tertiary alicyclic amines) is 1. The zero-order valence-corrected chi connectivity index (χ0v) is 26.1. The van der Waals surface area contributed by atoms with Crippen LogP contribution in [0.3, 0.4) is 0 Å². The first-order chi connectivity index (χ1) is 22.4. The van der Waals surface area contributed by atoms with Crippen LogP contribution in [-0.4, -0.2) is 52.3 Å². The summed E-state index contributed by atoms with van der Waals surface area (Å²) in [6, 6.07) is 16.1. The van der Waals surface area contributed by atoms with Crippen molar-refractivity contribution < 1.29 is 13.9 Å². The van der Waals surface area contributed by atoms with Crippen molar-refractivity contribution >= 4 is 39.7 Å². The maximum Gasteiger partial charge on any atom is 0.253 e. The lowest BCUT2D eigenvalue weighted by Crippen LogP contribution is -2.35. The molecule has 0 bridgehead atoms. The van der Waals surface area contributed by atoms with Crippen LogP contribution in [0, 0.1) is 5.82 Å². The summed E-state index contributed by atoms with van der Waals surface area (Å²) in [4.78, 5) is 36.1. The molecule has 0 radical (unpaired) electrons. The Kier molecular flexibility index (Phi) is 8.46. The summed E-state index contributed by atoms with van der Waals surface area (Å²) in [7, 11) is 1.62. The summed E-state index contributed by atoms with van der Waals surface area (Å²) in [5.74, 6) is 1.34. The van der Waals surface area contributed by atoms with Crippen molar-refractivity contribution in [3.63, 3.8) is 0 Å². The number of hydrogen-bond acceptors (Lipinski definition) is 9. The van der Waals surface area contributed by atoms with E-state index in [1.54, 1.807) is 25.2 Å². The minimum atomic E-state index is -0.524. The lowest BCUT2D eigenvalue weighted by molar-refractivity contribution is -0.0592. The maximum absolute atomic E-state index is 14.2. The molecule has 0 saturated carbocycles. The molecule has 2 N–H and O–H groups in total. The third-order valence-corrected chi connectivity index (χ3v) is 9.18. The predicted molar refractivity (Wildman–Crippen MR) is 176 cm³/mol. The second-order valence-electron chi connectivity index (χ2n) is 11.9. The summed E-state index contributed by atoms with van der Waals surface area (Å²) in [5, 5.41) is 6.24. The number of aromatic nitrogens is 3. The van der Waals surface area contributed by atoms with Gasteiger partial charge in [0.05, 0.1) is 30.2 Å². The SMILES string of the molecule is CNc1c(Nc2ccc3c(c2)nc(CN2CCC(c4cccc(OCc5ccc(Cl)cc5F)n4)CC2)n3CC2CCO2)c(=O)c1=O. The first-order valence-electron chi connectivity index (χ1n) is 15.5. The fraction of sp³-hybridized carbons (Fsp3) is 0.353. The van der Waals surface area contributed by atoms with Gasteiger partial charge in [-0.1, -0.05) is 23.7 Å². The lowest BCUT2D eigenvalue weighted by atomic mass is 9.93. The summed E-state index contributed by atoms with van der Waals surface area (Å²) in [6.45, 7) is 4.06. The molecule has 46 heavy (non-hydrogen) atoms. The number of pyridine rings is 1. The fourth-order valence-corrected chi connectivity index (χ4v) is 6.38. The van der Waals surface area contributed by atoms with Crippen molar-refractivity contribution in [2.45, 2.75) is 51.0 Å². The molecule has 2 saturated heterocycles. The molecule has 2 fully saturated rings. The topological polar surface area (TPSA) is 111 Å². The number of nitrogens with one attached hydrogen (secondary N) is 2. The van der Waals surface area contributed by atoms with Gasteiger partial charge in [0.1, 0.15) is 29.6 Å². The van der Waals surface area contributed by atoms with Crippen LogP contribution in [-0.2, 0) is 24.4 Å². The van der Waals surface area contributed by atoms with E-state index in [-0.39, 0.29) is 18.4 Å². The number of fused-ring (bicyclic) bond motifs is 1. The van der Waals surface area contributed by atoms with Crippen LogP contribution in [0.4, 0.5) is 21.5 Å². The average molecular weight is 645 g/mol. The van der Waals surface area contributed by atoms with Crippen molar-refractivity contribution in [1.29, 1.82) is 0 Å². The quantitative estimate of drug-likeness (QED) is 0.184. The van der Waals surface area contributed by atoms with Gasteiger partial charge in [-0.05, 0) is 68.8 Å². The summed E-state index contributed by atoms with van der Waals surface area (Å²) < 4.78 is 28.0. The predicted octanol–water partition coefficient (Wildman–Crippen LogP) is 5.35. The van der Waals surface area contributed by atoms with Crippen molar-refractivity contribution in [3.05, 3.63) is 103 Å². The Morgan fingerprint density at radius 2 is 1.83 bits per heavy atom. The Hall–Kier alpha value is -4.32. The molecule has 1 atom stereocenters. The Labute approximate surface area is 269 Å². The van der Waals surface area contributed by atoms with E-state index in [0.29, 0.717) is 40.3 Å². The van der Waals surface area contributed by atoms with E-state index in [4.69, 9.17) is 31.0 Å². The standard InChI is InChI=1S/C34H34ClFN6O4/c1-37-31-32(34(44)33(31)43)38-23-7-8-28-27(16-23)39-29(42(28)17-24-11-14-45-24)18-41-12-9-20(10-13-41)26-3-2-4-30(40-26)46-19-21-5-6-22(35)15-25(21)36/h2-8,15-16,20,24,37-38H,9-14,17-19H2,1H3. The van der Waals surface area contributed by atoms with E-state index in [9.17, 15) is 14.0 Å². The second-order valence-corrected chi connectivity index (χ2v) is 12.3. The van der Waals surface area contributed by atoms with E-state index in [2.05, 4.69) is 20.1 Å². The first kappa shape index (κ1) is 30.3. The minimum Gasteiger partial charge on any atom is -0.473 e. The third-order valence-electron chi connectivity index (χ3n) is 8.94. The van der Waals surface area contributed by atoms with Gasteiger partial charge in [-0.2, -0.15) is 0 Å². The van der Waals surface area contributed by atoms with E-state index in [1.807, 2.05) is 30.3 Å². The molecule has 0 spiro atoms. The van der Waals surface area contributed by atoms with Gasteiger partial charge in [-0.15, -0.1) is 0 Å². The van der Waals surface area contributed by atoms with Crippen LogP contribution in [0.5, 0.6) is 5.88 Å². The molecular formula is C34H34ClFN6O4. The number of benzene rings is 2.